The van der Waals surface area contributed by atoms with Gasteiger partial charge in [0.25, 0.3) is 0 Å². The molecule has 3 N–H and O–H groups in total. The van der Waals surface area contributed by atoms with Crippen molar-refractivity contribution in [1.29, 1.82) is 0 Å². The minimum Gasteiger partial charge on any atom is -0.396 e. The van der Waals surface area contributed by atoms with Crippen LogP contribution in [0.5, 0.6) is 0 Å². The van der Waals surface area contributed by atoms with Gasteiger partial charge in [-0.3, -0.25) is 4.99 Å². The van der Waals surface area contributed by atoms with Gasteiger partial charge in [0.1, 0.15) is 0 Å². The molecule has 0 saturated heterocycles. The first-order valence-electron chi connectivity index (χ1n) is 8.32. The zero-order valence-electron chi connectivity index (χ0n) is 13.5. The lowest BCUT2D eigenvalue weighted by Gasteiger charge is -2.18. The van der Waals surface area contributed by atoms with Crippen LogP contribution in [0.2, 0.25) is 0 Å². The van der Waals surface area contributed by atoms with Crippen LogP contribution < -0.4 is 10.6 Å². The van der Waals surface area contributed by atoms with Crippen molar-refractivity contribution in [2.45, 2.75) is 59.3 Å². The van der Waals surface area contributed by atoms with E-state index in [0.717, 1.165) is 44.4 Å². The van der Waals surface area contributed by atoms with E-state index in [-0.39, 0.29) is 12.0 Å². The zero-order chi connectivity index (χ0) is 14.8. The molecule has 1 aliphatic carbocycles. The maximum Gasteiger partial charge on any atom is 0.191 e. The van der Waals surface area contributed by atoms with Gasteiger partial charge in [-0.1, -0.05) is 33.1 Å². The van der Waals surface area contributed by atoms with Gasteiger partial charge in [-0.15, -0.1) is 0 Å². The van der Waals surface area contributed by atoms with Crippen molar-refractivity contribution in [3.63, 3.8) is 0 Å². The van der Waals surface area contributed by atoms with Crippen molar-refractivity contribution < 1.29 is 5.11 Å². The topological polar surface area (TPSA) is 56.7 Å². The van der Waals surface area contributed by atoms with Gasteiger partial charge in [-0.25, -0.2) is 0 Å². The number of rotatable bonds is 10. The fraction of sp³-hybridized carbons (Fsp3) is 0.938. The SMILES string of the molecule is CCCCC(CC)CNC(=NCC1(CO)CC1)NCC. The van der Waals surface area contributed by atoms with Crippen LogP contribution in [-0.2, 0) is 0 Å². The van der Waals surface area contributed by atoms with Gasteiger partial charge in [-0.2, -0.15) is 0 Å². The Morgan fingerprint density at radius 1 is 1.25 bits per heavy atom. The van der Waals surface area contributed by atoms with E-state index in [9.17, 15) is 5.11 Å². The Kier molecular flexibility index (Phi) is 7.97. The number of aliphatic imine (C=N–C) groups is 1. The van der Waals surface area contributed by atoms with Crippen LogP contribution in [0.25, 0.3) is 0 Å². The summed E-state index contributed by atoms with van der Waals surface area (Å²) in [6.45, 7) is 9.48. The molecule has 0 aliphatic heterocycles. The van der Waals surface area contributed by atoms with Crippen molar-refractivity contribution >= 4 is 5.96 Å². The summed E-state index contributed by atoms with van der Waals surface area (Å²) < 4.78 is 0. The van der Waals surface area contributed by atoms with Gasteiger partial charge in [0, 0.05) is 18.5 Å². The molecular formula is C16H33N3O. The molecule has 20 heavy (non-hydrogen) atoms. The molecule has 0 spiro atoms. The summed E-state index contributed by atoms with van der Waals surface area (Å²) in [5.74, 6) is 1.63. The largest absolute Gasteiger partial charge is 0.396 e. The molecule has 0 aromatic heterocycles. The van der Waals surface area contributed by atoms with Gasteiger partial charge in [-0.05, 0) is 32.1 Å². The lowest BCUT2D eigenvalue weighted by Crippen LogP contribution is -2.40. The standard InChI is InChI=1S/C16H33N3O/c1-4-7-8-14(5-2)11-18-15(17-6-3)19-12-16(13-20)9-10-16/h14,20H,4-13H2,1-3H3,(H2,17,18,19). The number of aliphatic hydroxyl groups is 1. The molecule has 4 nitrogen and oxygen atoms in total. The average Bonchev–Trinajstić information content (AvgIpc) is 3.25. The number of nitrogens with zero attached hydrogens (tertiary/aromatic N) is 1. The summed E-state index contributed by atoms with van der Waals surface area (Å²) in [4.78, 5) is 4.64. The highest BCUT2D eigenvalue weighted by Crippen LogP contribution is 2.45. The van der Waals surface area contributed by atoms with E-state index in [1.54, 1.807) is 0 Å². The molecule has 1 unspecified atom stereocenters. The summed E-state index contributed by atoms with van der Waals surface area (Å²) in [6.07, 6.45) is 7.30. The molecule has 0 heterocycles. The Morgan fingerprint density at radius 2 is 2.00 bits per heavy atom. The lowest BCUT2D eigenvalue weighted by molar-refractivity contribution is 0.217. The molecular weight excluding hydrogens is 250 g/mol. The van der Waals surface area contributed by atoms with Crippen LogP contribution in [0.4, 0.5) is 0 Å². The number of hydrogen-bond acceptors (Lipinski definition) is 2. The van der Waals surface area contributed by atoms with Crippen molar-refractivity contribution in [3.05, 3.63) is 0 Å². The van der Waals surface area contributed by atoms with Crippen LogP contribution >= 0.6 is 0 Å². The van der Waals surface area contributed by atoms with Gasteiger partial charge in [0.2, 0.25) is 0 Å². The minimum absolute atomic E-state index is 0.0920. The average molecular weight is 283 g/mol. The predicted octanol–water partition coefficient (Wildman–Crippen LogP) is 2.53. The van der Waals surface area contributed by atoms with Gasteiger partial charge >= 0.3 is 0 Å². The lowest BCUT2D eigenvalue weighted by atomic mass is 9.99. The molecule has 1 saturated carbocycles. The quantitative estimate of drug-likeness (QED) is 0.426. The molecule has 0 amide bonds. The van der Waals surface area contributed by atoms with Crippen molar-refractivity contribution in [2.75, 3.05) is 26.2 Å². The number of aliphatic hydroxyl groups excluding tert-OH is 1. The number of nitrogens with one attached hydrogen (secondary N) is 2. The summed E-state index contributed by atoms with van der Waals surface area (Å²) in [7, 11) is 0. The Hall–Kier alpha value is -0.770. The fourth-order valence-electron chi connectivity index (χ4n) is 2.32. The Balaban J connectivity index is 2.39. The molecule has 0 aromatic carbocycles. The normalized spacial score (nSPS) is 18.7. The Morgan fingerprint density at radius 3 is 2.50 bits per heavy atom. The summed E-state index contributed by atoms with van der Waals surface area (Å²) >= 11 is 0. The van der Waals surface area contributed by atoms with Crippen molar-refractivity contribution in [3.8, 4) is 0 Å². The molecule has 1 aliphatic rings. The highest BCUT2D eigenvalue weighted by atomic mass is 16.3. The summed E-state index contributed by atoms with van der Waals surface area (Å²) in [6, 6.07) is 0. The van der Waals surface area contributed by atoms with E-state index in [2.05, 4.69) is 36.4 Å². The van der Waals surface area contributed by atoms with Crippen molar-refractivity contribution in [1.82, 2.24) is 10.6 Å². The third kappa shape index (κ3) is 6.12. The maximum absolute atomic E-state index is 9.34. The molecule has 0 aromatic rings. The number of guanidine groups is 1. The second-order valence-corrected chi connectivity index (χ2v) is 6.15. The van der Waals surface area contributed by atoms with E-state index < -0.39 is 0 Å². The van der Waals surface area contributed by atoms with Gasteiger partial charge in [0.05, 0.1) is 13.2 Å². The van der Waals surface area contributed by atoms with Gasteiger partial charge < -0.3 is 15.7 Å². The van der Waals surface area contributed by atoms with E-state index in [1.165, 1.54) is 25.7 Å². The minimum atomic E-state index is 0.0920. The molecule has 0 radical (unpaired) electrons. The second kappa shape index (κ2) is 9.22. The number of unbranched alkanes of at least 4 members (excludes halogenated alkanes) is 1. The van der Waals surface area contributed by atoms with E-state index in [4.69, 9.17) is 0 Å². The van der Waals surface area contributed by atoms with Crippen molar-refractivity contribution in [2.24, 2.45) is 16.3 Å². The van der Waals surface area contributed by atoms with Crippen LogP contribution in [-0.4, -0.2) is 37.3 Å². The summed E-state index contributed by atoms with van der Waals surface area (Å²) in [5.41, 5.74) is 0.0920. The molecule has 4 heteroatoms. The molecule has 118 valence electrons. The summed E-state index contributed by atoms with van der Waals surface area (Å²) in [5, 5.41) is 16.1. The molecule has 1 fully saturated rings. The monoisotopic (exact) mass is 283 g/mol. The zero-order valence-corrected chi connectivity index (χ0v) is 13.5. The highest BCUT2D eigenvalue weighted by Gasteiger charge is 2.41. The van der Waals surface area contributed by atoms with Crippen LogP contribution in [0.1, 0.15) is 59.3 Å². The third-order valence-corrected chi connectivity index (χ3v) is 4.31. The second-order valence-electron chi connectivity index (χ2n) is 6.15. The predicted molar refractivity (Wildman–Crippen MR) is 86.0 cm³/mol. The van der Waals surface area contributed by atoms with Crippen LogP contribution in [0, 0.1) is 11.3 Å². The number of hydrogen-bond donors (Lipinski definition) is 3. The van der Waals surface area contributed by atoms with Crippen LogP contribution in [0.3, 0.4) is 0 Å². The first-order chi connectivity index (χ1) is 9.69. The molecule has 1 rings (SSSR count). The molecule has 1 atom stereocenters. The third-order valence-electron chi connectivity index (χ3n) is 4.31. The fourth-order valence-corrected chi connectivity index (χ4v) is 2.32. The smallest absolute Gasteiger partial charge is 0.191 e. The maximum atomic E-state index is 9.34. The Bertz CT molecular complexity index is 287. The molecule has 0 bridgehead atoms. The van der Waals surface area contributed by atoms with E-state index in [1.807, 2.05) is 0 Å². The van der Waals surface area contributed by atoms with E-state index in [0.29, 0.717) is 0 Å². The first kappa shape index (κ1) is 17.3. The highest BCUT2D eigenvalue weighted by molar-refractivity contribution is 5.79. The first-order valence-corrected chi connectivity index (χ1v) is 8.32. The van der Waals surface area contributed by atoms with E-state index >= 15 is 0 Å². The Labute approximate surface area is 124 Å². The van der Waals surface area contributed by atoms with Gasteiger partial charge in [0.15, 0.2) is 5.96 Å². The van der Waals surface area contributed by atoms with Crippen LogP contribution in [0.15, 0.2) is 4.99 Å².